The van der Waals surface area contributed by atoms with Gasteiger partial charge >= 0.3 is 5.97 Å². The van der Waals surface area contributed by atoms with Crippen molar-refractivity contribution in [2.75, 3.05) is 5.75 Å². The monoisotopic (exact) mass is 256 g/mol. The van der Waals surface area contributed by atoms with E-state index in [-0.39, 0.29) is 17.2 Å². The van der Waals surface area contributed by atoms with Crippen LogP contribution in [0, 0.1) is 0 Å². The Bertz CT molecular complexity index is 423. The lowest BCUT2D eigenvalue weighted by Crippen LogP contribution is -2.74. The van der Waals surface area contributed by atoms with E-state index in [0.29, 0.717) is 11.3 Å². The predicted octanol–water partition coefficient (Wildman–Crippen LogP) is -0.584. The van der Waals surface area contributed by atoms with Gasteiger partial charge in [0, 0.05) is 12.7 Å². The smallest absolute Gasteiger partial charge is 0.330 e. The second-order valence-corrected chi connectivity index (χ2v) is 5.13. The molecule has 2 aliphatic heterocycles. The van der Waals surface area contributed by atoms with Gasteiger partial charge < -0.3 is 15.3 Å². The summed E-state index contributed by atoms with van der Waals surface area (Å²) < 4.78 is 0. The van der Waals surface area contributed by atoms with Gasteiger partial charge in [0.05, 0.1) is 0 Å². The third-order valence-corrected chi connectivity index (χ3v) is 4.16. The normalized spacial score (nSPS) is 31.6. The number of hydrogen-bond donors (Lipinski definition) is 2. The number of carbonyl (C=O) groups excluding carboxylic acids is 2. The minimum absolute atomic E-state index is 0.292. The number of carbonyl (C=O) groups is 3. The van der Waals surface area contributed by atoms with Gasteiger partial charge in [0.1, 0.15) is 11.4 Å². The standard InChI is InChI=1S/C10H12N2O4S/c1-4-3-17-9-6(11-5(2)13)8(14)12(9)7(4)10(15)16/h6-7,9H,1,3H2,2H3,(H,11,13)(H,15,16)/t6-,7?,9+/m1/s1. The molecule has 2 fully saturated rings. The number of nitrogens with zero attached hydrogens (tertiary/aromatic N) is 1. The van der Waals surface area contributed by atoms with Crippen LogP contribution < -0.4 is 5.32 Å². The molecule has 2 aliphatic rings. The van der Waals surface area contributed by atoms with Gasteiger partial charge in [0.25, 0.3) is 0 Å². The van der Waals surface area contributed by atoms with Gasteiger partial charge in [-0.25, -0.2) is 4.79 Å². The molecule has 2 N–H and O–H groups in total. The zero-order chi connectivity index (χ0) is 12.7. The van der Waals surface area contributed by atoms with Crippen LogP contribution in [-0.4, -0.2) is 51.0 Å². The molecule has 2 rings (SSSR count). The quantitative estimate of drug-likeness (QED) is 0.509. The lowest BCUT2D eigenvalue weighted by atomic mass is 9.99. The van der Waals surface area contributed by atoms with E-state index in [1.165, 1.54) is 23.6 Å². The Morgan fingerprint density at radius 1 is 1.59 bits per heavy atom. The first-order valence-corrected chi connectivity index (χ1v) is 6.09. The molecular formula is C10H12N2O4S. The first-order valence-electron chi connectivity index (χ1n) is 5.05. The first-order chi connectivity index (χ1) is 7.93. The maximum Gasteiger partial charge on any atom is 0.330 e. The molecule has 17 heavy (non-hydrogen) atoms. The highest BCUT2D eigenvalue weighted by atomic mass is 32.2. The van der Waals surface area contributed by atoms with E-state index in [0.717, 1.165) is 0 Å². The minimum Gasteiger partial charge on any atom is -0.479 e. The number of thioether (sulfide) groups is 1. The van der Waals surface area contributed by atoms with Crippen molar-refractivity contribution < 1.29 is 19.5 Å². The summed E-state index contributed by atoms with van der Waals surface area (Å²) in [6, 6.07) is -1.56. The Morgan fingerprint density at radius 3 is 2.76 bits per heavy atom. The topological polar surface area (TPSA) is 86.7 Å². The highest BCUT2D eigenvalue weighted by molar-refractivity contribution is 8.00. The summed E-state index contributed by atoms with van der Waals surface area (Å²) in [4.78, 5) is 35.1. The van der Waals surface area contributed by atoms with Crippen LogP contribution in [0.25, 0.3) is 0 Å². The number of β-lactam (4-membered cyclic amide) rings is 1. The number of aliphatic carboxylic acids is 1. The number of hydrogen-bond acceptors (Lipinski definition) is 4. The van der Waals surface area contributed by atoms with Crippen LogP contribution in [0.3, 0.4) is 0 Å². The number of nitrogens with one attached hydrogen (secondary N) is 1. The van der Waals surface area contributed by atoms with Gasteiger partial charge in [-0.05, 0) is 5.57 Å². The number of amides is 2. The summed E-state index contributed by atoms with van der Waals surface area (Å²) in [6.45, 7) is 5.00. The van der Waals surface area contributed by atoms with Crippen LogP contribution in [0.2, 0.25) is 0 Å². The fourth-order valence-corrected chi connectivity index (χ4v) is 3.36. The molecule has 0 aromatic carbocycles. The molecule has 1 unspecified atom stereocenters. The average molecular weight is 256 g/mol. The van der Waals surface area contributed by atoms with Crippen LogP contribution in [-0.2, 0) is 14.4 Å². The molecule has 2 heterocycles. The highest BCUT2D eigenvalue weighted by Crippen LogP contribution is 2.39. The van der Waals surface area contributed by atoms with E-state index in [2.05, 4.69) is 11.9 Å². The Kier molecular flexibility index (Phi) is 2.86. The molecule has 0 saturated carbocycles. The maximum atomic E-state index is 11.8. The zero-order valence-electron chi connectivity index (χ0n) is 9.17. The summed E-state index contributed by atoms with van der Waals surface area (Å²) in [7, 11) is 0. The Balaban J connectivity index is 2.17. The lowest BCUT2D eigenvalue weighted by molar-refractivity contribution is -0.160. The Labute approximate surface area is 102 Å². The van der Waals surface area contributed by atoms with Gasteiger partial charge in [-0.1, -0.05) is 6.58 Å². The lowest BCUT2D eigenvalue weighted by Gasteiger charge is -2.52. The van der Waals surface area contributed by atoms with Gasteiger partial charge in [0.2, 0.25) is 11.8 Å². The van der Waals surface area contributed by atoms with Crippen molar-refractivity contribution in [3.63, 3.8) is 0 Å². The van der Waals surface area contributed by atoms with Crippen molar-refractivity contribution in [3.8, 4) is 0 Å². The molecule has 0 bridgehead atoms. The van der Waals surface area contributed by atoms with Crippen LogP contribution in [0.4, 0.5) is 0 Å². The Morgan fingerprint density at radius 2 is 2.24 bits per heavy atom. The fourth-order valence-electron chi connectivity index (χ4n) is 2.05. The maximum absolute atomic E-state index is 11.8. The van der Waals surface area contributed by atoms with Crippen molar-refractivity contribution in [2.24, 2.45) is 0 Å². The molecule has 0 spiro atoms. The van der Waals surface area contributed by atoms with E-state index in [1.807, 2.05) is 0 Å². The molecular weight excluding hydrogens is 244 g/mol. The fraction of sp³-hybridized carbons (Fsp3) is 0.500. The summed E-state index contributed by atoms with van der Waals surface area (Å²) >= 11 is 1.42. The van der Waals surface area contributed by atoms with Crippen molar-refractivity contribution in [1.29, 1.82) is 0 Å². The number of carboxylic acid groups (broad SMARTS) is 1. The predicted molar refractivity (Wildman–Crippen MR) is 61.3 cm³/mol. The average Bonchev–Trinajstić information content (AvgIpc) is 2.24. The van der Waals surface area contributed by atoms with E-state index in [1.54, 1.807) is 0 Å². The molecule has 0 aromatic rings. The van der Waals surface area contributed by atoms with Crippen molar-refractivity contribution in [2.45, 2.75) is 24.4 Å². The number of rotatable bonds is 2. The van der Waals surface area contributed by atoms with Crippen LogP contribution in [0.15, 0.2) is 12.2 Å². The van der Waals surface area contributed by atoms with Crippen molar-refractivity contribution in [1.82, 2.24) is 10.2 Å². The third-order valence-electron chi connectivity index (χ3n) is 2.78. The van der Waals surface area contributed by atoms with Crippen LogP contribution >= 0.6 is 11.8 Å². The number of fused-ring (bicyclic) bond motifs is 1. The summed E-state index contributed by atoms with van der Waals surface area (Å²) in [5.74, 6) is -1.23. The Hall–Kier alpha value is -1.50. The van der Waals surface area contributed by atoms with E-state index < -0.39 is 18.1 Å². The minimum atomic E-state index is -1.07. The van der Waals surface area contributed by atoms with E-state index in [9.17, 15) is 14.4 Å². The summed E-state index contributed by atoms with van der Waals surface area (Å²) in [6.07, 6.45) is 0. The molecule has 2 amide bonds. The molecule has 2 saturated heterocycles. The molecule has 0 aromatic heterocycles. The molecule has 92 valence electrons. The van der Waals surface area contributed by atoms with Gasteiger partial charge in [-0.3, -0.25) is 9.59 Å². The summed E-state index contributed by atoms with van der Waals surface area (Å²) in [5, 5.41) is 11.3. The first kappa shape index (κ1) is 12.0. The van der Waals surface area contributed by atoms with Crippen molar-refractivity contribution in [3.05, 3.63) is 12.2 Å². The molecule has 7 heteroatoms. The largest absolute Gasteiger partial charge is 0.479 e. The zero-order valence-corrected chi connectivity index (χ0v) is 9.99. The van der Waals surface area contributed by atoms with Crippen LogP contribution in [0.5, 0.6) is 0 Å². The summed E-state index contributed by atoms with van der Waals surface area (Å²) in [5.41, 5.74) is 0.508. The second-order valence-electron chi connectivity index (χ2n) is 4.02. The molecule has 6 nitrogen and oxygen atoms in total. The SMILES string of the molecule is C=C1CS[C@H]2[C@H](NC(C)=O)C(=O)N2C1C(=O)O. The number of carboxylic acids is 1. The molecule has 0 radical (unpaired) electrons. The van der Waals surface area contributed by atoms with Gasteiger partial charge in [-0.2, -0.15) is 0 Å². The molecule has 3 atom stereocenters. The molecule has 0 aliphatic carbocycles. The second kappa shape index (κ2) is 4.06. The van der Waals surface area contributed by atoms with Gasteiger partial charge in [-0.15, -0.1) is 11.8 Å². The van der Waals surface area contributed by atoms with Gasteiger partial charge in [0.15, 0.2) is 6.04 Å². The van der Waals surface area contributed by atoms with E-state index in [4.69, 9.17) is 5.11 Å². The highest BCUT2D eigenvalue weighted by Gasteiger charge is 2.55. The van der Waals surface area contributed by atoms with Crippen LogP contribution in [0.1, 0.15) is 6.92 Å². The third kappa shape index (κ3) is 1.80. The van der Waals surface area contributed by atoms with Crippen molar-refractivity contribution >= 4 is 29.5 Å². The van der Waals surface area contributed by atoms with E-state index >= 15 is 0 Å².